The summed E-state index contributed by atoms with van der Waals surface area (Å²) < 4.78 is 70.9. The molecule has 0 radical (unpaired) electrons. The van der Waals surface area contributed by atoms with Crippen LogP contribution in [0.1, 0.15) is 156 Å². The highest BCUT2D eigenvalue weighted by atomic mass is 35.5. The van der Waals surface area contributed by atoms with Crippen molar-refractivity contribution < 1.29 is 30.4 Å². The van der Waals surface area contributed by atoms with Crippen molar-refractivity contribution in [3.63, 3.8) is 0 Å². The van der Waals surface area contributed by atoms with E-state index in [-0.39, 0.29) is 22.9 Å². The largest absolute Gasteiger partial charge is 0.466 e. The zero-order valence-electron chi connectivity index (χ0n) is 35.3. The fourth-order valence-corrected chi connectivity index (χ4v) is 11.6. The minimum absolute atomic E-state index is 0.229. The molecule has 0 fully saturated rings. The van der Waals surface area contributed by atoms with Gasteiger partial charge in [0.15, 0.2) is 0 Å². The first-order valence-corrected chi connectivity index (χ1v) is 23.8. The summed E-state index contributed by atoms with van der Waals surface area (Å²) >= 11 is 5.73. The maximum absolute atomic E-state index is 16.0. The molecule has 0 bridgehead atoms. The van der Waals surface area contributed by atoms with E-state index in [0.29, 0.717) is 27.5 Å². The number of halogens is 3. The lowest BCUT2D eigenvalue weighted by Gasteiger charge is -2.40. The quantitative estimate of drug-likeness (QED) is 0.0607. The van der Waals surface area contributed by atoms with Gasteiger partial charge in [-0.15, -0.1) is 11.6 Å². The third kappa shape index (κ3) is 13.0. The van der Waals surface area contributed by atoms with Gasteiger partial charge in [0, 0.05) is 20.6 Å². The molecule has 0 N–H and O–H groups in total. The highest BCUT2D eigenvalue weighted by molar-refractivity contribution is 8.33. The molecule has 3 rings (SSSR count). The van der Waals surface area contributed by atoms with Crippen LogP contribution in [0.4, 0.5) is 8.78 Å². The third-order valence-electron chi connectivity index (χ3n) is 10.2. The summed E-state index contributed by atoms with van der Waals surface area (Å²) in [6, 6.07) is 21.8. The number of carbonyl (C=O) groups is 1. The van der Waals surface area contributed by atoms with E-state index in [1.165, 1.54) is 32.1 Å². The monoisotopic (exact) mass is 836 g/mol. The number of hydrogen-bond acceptors (Lipinski definition) is 5. The molecule has 0 aliphatic rings. The molecule has 0 atom stereocenters. The Morgan fingerprint density at radius 2 is 0.804 bits per heavy atom. The van der Waals surface area contributed by atoms with E-state index in [1.54, 1.807) is 36.4 Å². The lowest BCUT2D eigenvalue weighted by Crippen LogP contribution is -2.41. The Bertz CT molecular complexity index is 1620. The van der Waals surface area contributed by atoms with Gasteiger partial charge in [0.1, 0.15) is 0 Å². The molecule has 0 aliphatic heterocycles. The molecular weight excluding hydrogens is 770 g/mol. The molecule has 0 aromatic heterocycles. The van der Waals surface area contributed by atoms with Crippen LogP contribution >= 0.6 is 21.9 Å². The van der Waals surface area contributed by atoms with Gasteiger partial charge in [-0.1, -0.05) is 163 Å². The Labute approximate surface area is 344 Å². The Morgan fingerprint density at radius 3 is 1.09 bits per heavy atom. The summed E-state index contributed by atoms with van der Waals surface area (Å²) in [6.45, 7) is 18.2. The second-order valence-electron chi connectivity index (χ2n) is 18.0. The zero-order chi connectivity index (χ0) is 41.8. The third-order valence-corrected chi connectivity index (χ3v) is 15.6. The van der Waals surface area contributed by atoms with Gasteiger partial charge in [-0.3, -0.25) is 0 Å². The summed E-state index contributed by atoms with van der Waals surface area (Å²) in [5.41, 5.74) is 2.23. The number of benzene rings is 3. The van der Waals surface area contributed by atoms with Crippen LogP contribution in [0, 0.1) is 0 Å². The first-order chi connectivity index (χ1) is 26.1. The van der Waals surface area contributed by atoms with Crippen molar-refractivity contribution in [1.29, 1.82) is 0 Å². The molecule has 56 heavy (non-hydrogen) atoms. The van der Waals surface area contributed by atoms with E-state index < -0.39 is 31.7 Å². The molecule has 3 aromatic rings. The minimum Gasteiger partial charge on any atom is -0.460 e. The average molecular weight is 838 g/mol. The molecule has 0 unspecified atom stereocenters. The van der Waals surface area contributed by atoms with E-state index in [4.69, 9.17) is 20.0 Å². The van der Waals surface area contributed by atoms with E-state index in [9.17, 15) is 13.2 Å². The highest BCUT2D eigenvalue weighted by Gasteiger charge is 2.59. The molecule has 314 valence electrons. The van der Waals surface area contributed by atoms with Gasteiger partial charge in [0.05, 0.1) is 6.61 Å². The van der Waals surface area contributed by atoms with Crippen LogP contribution in [0.25, 0.3) is 0 Å². The lowest BCUT2D eigenvalue weighted by molar-refractivity contribution is -0.161. The normalized spacial score (nSPS) is 13.5. The molecule has 3 aromatic carbocycles. The number of hydrogen-bond donors (Lipinski definition) is 0. The van der Waals surface area contributed by atoms with E-state index >= 15 is 8.78 Å². The molecule has 0 saturated carbocycles. The number of alkyl halides is 3. The fourth-order valence-electron chi connectivity index (χ4n) is 6.46. The molecular formula is C46H67ClF2O5S2. The number of ether oxygens (including phenoxy) is 1. The second kappa shape index (κ2) is 20.5. The number of rotatable bonds is 21. The van der Waals surface area contributed by atoms with Crippen molar-refractivity contribution in [3.8, 4) is 0 Å². The van der Waals surface area contributed by atoms with Crippen molar-refractivity contribution in [1.82, 2.24) is 0 Å². The van der Waals surface area contributed by atoms with Gasteiger partial charge < -0.3 is 4.74 Å². The average Bonchev–Trinajstić information content (AvgIpc) is 3.13. The molecule has 0 aliphatic carbocycles. The molecule has 0 heterocycles. The standard InChI is InChI=1S/C46H67ClF2O5S2/c1-43(2,3)36-22-28-39(29-23-36)55(40-30-24-37(25-31-40)44(4,5)6,41-32-26-38(27-33-41)45(7,8)9)54-56(51,52)46(48,49)42(50)53-35-21-19-17-15-13-11-10-12-14-16-18-20-34-47/h22-33H,10-21,34-35H2,1-9H3. The fraction of sp³-hybridized carbons (Fsp3) is 0.587. The van der Waals surface area contributed by atoms with Crippen molar-refractivity contribution >= 4 is 38.0 Å². The predicted molar refractivity (Wildman–Crippen MR) is 230 cm³/mol. The summed E-state index contributed by atoms with van der Waals surface area (Å²) in [7, 11) is -9.35. The van der Waals surface area contributed by atoms with Gasteiger partial charge in [0.2, 0.25) is 0 Å². The SMILES string of the molecule is CC(C)(C)c1ccc(S(OS(=O)(=O)C(F)(F)C(=O)OCCCCCCCCCCCCCCCl)(c2ccc(C(C)(C)C)cc2)c2ccc(C(C)(C)C)cc2)cc1. The molecule has 0 saturated heterocycles. The van der Waals surface area contributed by atoms with Gasteiger partial charge in [-0.2, -0.15) is 17.2 Å². The van der Waals surface area contributed by atoms with Gasteiger partial charge in [-0.25, -0.2) is 8.42 Å². The zero-order valence-corrected chi connectivity index (χ0v) is 37.7. The van der Waals surface area contributed by atoms with Crippen LogP contribution in [0.2, 0.25) is 0 Å². The minimum atomic E-state index is -5.92. The first kappa shape index (κ1) is 47.9. The Morgan fingerprint density at radius 1 is 0.518 bits per heavy atom. The van der Waals surface area contributed by atoms with Crippen LogP contribution in [-0.2, 0) is 39.5 Å². The van der Waals surface area contributed by atoms with Crippen molar-refractivity contribution in [2.24, 2.45) is 0 Å². The molecule has 0 spiro atoms. The van der Waals surface area contributed by atoms with Crippen LogP contribution in [0.3, 0.4) is 0 Å². The Kier molecular flexibility index (Phi) is 17.5. The summed E-state index contributed by atoms with van der Waals surface area (Å²) in [5.74, 6) is -1.41. The lowest BCUT2D eigenvalue weighted by atomic mass is 9.87. The van der Waals surface area contributed by atoms with Gasteiger partial charge in [-0.05, 0) is 92.5 Å². The number of carbonyl (C=O) groups excluding carboxylic acids is 1. The van der Waals surface area contributed by atoms with Gasteiger partial charge in [0.25, 0.3) is 0 Å². The van der Waals surface area contributed by atoms with Crippen molar-refractivity contribution in [3.05, 3.63) is 89.5 Å². The molecule has 0 amide bonds. The van der Waals surface area contributed by atoms with Crippen LogP contribution < -0.4 is 0 Å². The molecule has 10 heteroatoms. The van der Waals surface area contributed by atoms with Gasteiger partial charge >= 0.3 is 21.3 Å². The number of unbranched alkanes of at least 4 members (excludes halogenated alkanes) is 11. The van der Waals surface area contributed by atoms with Crippen LogP contribution in [0.5, 0.6) is 0 Å². The highest BCUT2D eigenvalue weighted by Crippen LogP contribution is 2.71. The van der Waals surface area contributed by atoms with E-state index in [1.807, 2.05) is 36.4 Å². The summed E-state index contributed by atoms with van der Waals surface area (Å²) in [4.78, 5) is 14.1. The topological polar surface area (TPSA) is 69.7 Å². The maximum Gasteiger partial charge on any atom is 0.466 e. The Hall–Kier alpha value is -2.46. The van der Waals surface area contributed by atoms with Crippen LogP contribution in [0.15, 0.2) is 87.5 Å². The Balaban J connectivity index is 1.90. The van der Waals surface area contributed by atoms with E-state index in [0.717, 1.165) is 54.7 Å². The van der Waals surface area contributed by atoms with Crippen LogP contribution in [-0.4, -0.2) is 32.1 Å². The molecule has 5 nitrogen and oxygen atoms in total. The summed E-state index contributed by atoms with van der Waals surface area (Å²) in [6.07, 6.45) is 12.3. The second-order valence-corrected chi connectivity index (χ2v) is 22.9. The van der Waals surface area contributed by atoms with Crippen molar-refractivity contribution in [2.75, 3.05) is 12.5 Å². The maximum atomic E-state index is 16.0. The number of esters is 1. The first-order valence-electron chi connectivity index (χ1n) is 20.3. The smallest absolute Gasteiger partial charge is 0.460 e. The van der Waals surface area contributed by atoms with E-state index in [2.05, 4.69) is 62.3 Å². The predicted octanol–water partition coefficient (Wildman–Crippen LogP) is 14.2. The summed E-state index contributed by atoms with van der Waals surface area (Å²) in [5, 5.41) is -4.96. The van der Waals surface area contributed by atoms with Crippen molar-refractivity contribution in [2.45, 2.75) is 176 Å².